The summed E-state index contributed by atoms with van der Waals surface area (Å²) in [5.74, 6) is -0.344. The van der Waals surface area contributed by atoms with Crippen LogP contribution >= 0.6 is 24.0 Å². The highest BCUT2D eigenvalue weighted by molar-refractivity contribution is 7.81. The van der Waals surface area contributed by atoms with Crippen LogP contribution in [-0.4, -0.2) is 22.7 Å². The van der Waals surface area contributed by atoms with Crippen LogP contribution in [0, 0.1) is 5.82 Å². The molecule has 1 saturated heterocycles. The third-order valence-electron chi connectivity index (χ3n) is 2.69. The third-order valence-corrected chi connectivity index (χ3v) is 4.08. The van der Waals surface area contributed by atoms with Crippen LogP contribution in [0.15, 0.2) is 18.2 Å². The van der Waals surface area contributed by atoms with E-state index in [1.165, 1.54) is 17.4 Å². The lowest BCUT2D eigenvalue weighted by Crippen LogP contribution is -2.24. The van der Waals surface area contributed by atoms with Gasteiger partial charge in [0.2, 0.25) is 5.91 Å². The Morgan fingerprint density at radius 3 is 3.00 bits per heavy atom. The molecule has 3 rings (SSSR count). The van der Waals surface area contributed by atoms with Crippen LogP contribution in [0.1, 0.15) is 6.42 Å². The minimum Gasteiger partial charge on any atom is -0.287 e. The molecule has 1 aliphatic rings. The molecule has 1 aromatic heterocycles. The molecule has 0 saturated carbocycles. The highest BCUT2D eigenvalue weighted by Crippen LogP contribution is 2.33. The molecule has 0 spiro atoms. The standard InChI is InChI=1S/C11H9FN2OS2/c12-7-2-1-3-8-10(7)13-11(17-8)14-5-6(16)4-9(14)15/h1-3,6,16H,4-5H2. The van der Waals surface area contributed by atoms with Gasteiger partial charge in [-0.2, -0.15) is 12.6 Å². The SMILES string of the molecule is O=C1CC(S)CN1c1nc2c(F)cccc2s1. The largest absolute Gasteiger partial charge is 0.287 e. The molecule has 1 fully saturated rings. The lowest BCUT2D eigenvalue weighted by molar-refractivity contribution is -0.117. The molecule has 1 aliphatic heterocycles. The fraction of sp³-hybridized carbons (Fsp3) is 0.273. The second kappa shape index (κ2) is 3.96. The molecular weight excluding hydrogens is 259 g/mol. The number of hydrogen-bond donors (Lipinski definition) is 1. The summed E-state index contributed by atoms with van der Waals surface area (Å²) in [5, 5.41) is 0.603. The Hall–Kier alpha value is -1.14. The van der Waals surface area contributed by atoms with E-state index >= 15 is 0 Å². The fourth-order valence-electron chi connectivity index (χ4n) is 1.89. The van der Waals surface area contributed by atoms with Crippen LogP contribution in [0.3, 0.4) is 0 Å². The first-order valence-electron chi connectivity index (χ1n) is 5.18. The Bertz CT molecular complexity index is 598. The minimum absolute atomic E-state index is 0.00413. The van der Waals surface area contributed by atoms with Gasteiger partial charge in [0, 0.05) is 18.2 Å². The van der Waals surface area contributed by atoms with E-state index in [2.05, 4.69) is 17.6 Å². The zero-order valence-corrected chi connectivity index (χ0v) is 10.5. The number of hydrogen-bond acceptors (Lipinski definition) is 4. The Labute approximate surface area is 107 Å². The van der Waals surface area contributed by atoms with E-state index in [4.69, 9.17) is 0 Å². The molecule has 0 N–H and O–H groups in total. The molecule has 1 unspecified atom stereocenters. The number of halogens is 1. The van der Waals surface area contributed by atoms with Crippen LogP contribution < -0.4 is 4.90 Å². The Balaban J connectivity index is 2.07. The van der Waals surface area contributed by atoms with E-state index in [-0.39, 0.29) is 17.0 Å². The van der Waals surface area contributed by atoms with Gasteiger partial charge in [-0.05, 0) is 12.1 Å². The number of para-hydroxylation sites is 1. The van der Waals surface area contributed by atoms with E-state index in [0.29, 0.717) is 23.6 Å². The molecule has 0 aliphatic carbocycles. The fourth-order valence-corrected chi connectivity index (χ4v) is 3.22. The summed E-state index contributed by atoms with van der Waals surface area (Å²) in [6, 6.07) is 4.82. The number of nitrogens with zero attached hydrogens (tertiary/aromatic N) is 2. The number of aromatic nitrogens is 1. The molecule has 2 aromatic rings. The number of anilines is 1. The maximum absolute atomic E-state index is 13.5. The van der Waals surface area contributed by atoms with Crippen molar-refractivity contribution in [1.29, 1.82) is 0 Å². The van der Waals surface area contributed by atoms with Crippen molar-refractivity contribution < 1.29 is 9.18 Å². The normalized spacial score (nSPS) is 20.5. The van der Waals surface area contributed by atoms with Crippen molar-refractivity contribution in [3.05, 3.63) is 24.0 Å². The van der Waals surface area contributed by atoms with Crippen molar-refractivity contribution in [1.82, 2.24) is 4.98 Å². The second-order valence-corrected chi connectivity index (χ2v) is 5.68. The predicted octanol–water partition coefficient (Wildman–Crippen LogP) is 2.47. The van der Waals surface area contributed by atoms with E-state index < -0.39 is 0 Å². The molecule has 1 atom stereocenters. The van der Waals surface area contributed by atoms with Crippen LogP contribution in [-0.2, 0) is 4.79 Å². The van der Waals surface area contributed by atoms with Crippen molar-refractivity contribution in [3.8, 4) is 0 Å². The molecule has 0 radical (unpaired) electrons. The van der Waals surface area contributed by atoms with Crippen molar-refractivity contribution in [2.45, 2.75) is 11.7 Å². The number of fused-ring (bicyclic) bond motifs is 1. The Morgan fingerprint density at radius 2 is 2.35 bits per heavy atom. The summed E-state index contributed by atoms with van der Waals surface area (Å²) in [6.07, 6.45) is 0.418. The van der Waals surface area contributed by atoms with Gasteiger partial charge in [0.05, 0.1) is 4.70 Å². The number of benzene rings is 1. The van der Waals surface area contributed by atoms with Gasteiger partial charge >= 0.3 is 0 Å². The maximum Gasteiger partial charge on any atom is 0.229 e. The van der Waals surface area contributed by atoms with Crippen LogP contribution in [0.5, 0.6) is 0 Å². The summed E-state index contributed by atoms with van der Waals surface area (Å²) in [4.78, 5) is 17.5. The average molecular weight is 268 g/mol. The van der Waals surface area contributed by atoms with E-state index in [9.17, 15) is 9.18 Å². The van der Waals surface area contributed by atoms with Crippen LogP contribution in [0.4, 0.5) is 9.52 Å². The van der Waals surface area contributed by atoms with Gasteiger partial charge < -0.3 is 0 Å². The Kier molecular flexibility index (Phi) is 2.56. The summed E-state index contributed by atoms with van der Waals surface area (Å²) in [6.45, 7) is 0.545. The van der Waals surface area contributed by atoms with Gasteiger partial charge in [-0.3, -0.25) is 9.69 Å². The molecule has 88 valence electrons. The number of thiazole rings is 1. The minimum atomic E-state index is -0.348. The summed E-state index contributed by atoms with van der Waals surface area (Å²) in [5.41, 5.74) is 0.336. The summed E-state index contributed by atoms with van der Waals surface area (Å²) < 4.78 is 14.2. The number of thiol groups is 1. The lowest BCUT2D eigenvalue weighted by atomic mass is 10.3. The number of carbonyl (C=O) groups is 1. The van der Waals surface area contributed by atoms with Gasteiger partial charge in [-0.15, -0.1) is 0 Å². The summed E-state index contributed by atoms with van der Waals surface area (Å²) >= 11 is 5.62. The van der Waals surface area contributed by atoms with E-state index in [1.807, 2.05) is 0 Å². The van der Waals surface area contributed by atoms with E-state index in [1.54, 1.807) is 17.0 Å². The van der Waals surface area contributed by atoms with Crippen molar-refractivity contribution in [2.24, 2.45) is 0 Å². The van der Waals surface area contributed by atoms with Gasteiger partial charge in [0.25, 0.3) is 0 Å². The smallest absolute Gasteiger partial charge is 0.229 e. The van der Waals surface area contributed by atoms with E-state index in [0.717, 1.165) is 4.70 Å². The number of carbonyl (C=O) groups excluding carboxylic acids is 1. The zero-order valence-electron chi connectivity index (χ0n) is 8.76. The Morgan fingerprint density at radius 1 is 1.53 bits per heavy atom. The van der Waals surface area contributed by atoms with Crippen molar-refractivity contribution in [3.63, 3.8) is 0 Å². The molecule has 0 bridgehead atoms. The molecule has 1 amide bonds. The number of rotatable bonds is 1. The third kappa shape index (κ3) is 1.81. The average Bonchev–Trinajstić information content (AvgIpc) is 2.82. The monoisotopic (exact) mass is 268 g/mol. The highest BCUT2D eigenvalue weighted by Gasteiger charge is 2.30. The lowest BCUT2D eigenvalue weighted by Gasteiger charge is -2.10. The molecular formula is C11H9FN2OS2. The zero-order chi connectivity index (χ0) is 12.0. The van der Waals surface area contributed by atoms with Crippen LogP contribution in [0.25, 0.3) is 10.2 Å². The van der Waals surface area contributed by atoms with Gasteiger partial charge in [-0.25, -0.2) is 9.37 Å². The first-order valence-corrected chi connectivity index (χ1v) is 6.52. The topological polar surface area (TPSA) is 33.2 Å². The molecule has 2 heterocycles. The quantitative estimate of drug-likeness (QED) is 0.806. The van der Waals surface area contributed by atoms with Gasteiger partial charge in [-0.1, -0.05) is 17.4 Å². The number of amides is 1. The van der Waals surface area contributed by atoms with Crippen molar-refractivity contribution in [2.75, 3.05) is 11.4 Å². The highest BCUT2D eigenvalue weighted by atomic mass is 32.1. The second-order valence-electron chi connectivity index (χ2n) is 3.95. The first-order chi connectivity index (χ1) is 8.15. The molecule has 1 aromatic carbocycles. The van der Waals surface area contributed by atoms with Gasteiger partial charge in [0.1, 0.15) is 11.3 Å². The maximum atomic E-state index is 13.5. The van der Waals surface area contributed by atoms with Crippen molar-refractivity contribution >= 4 is 45.2 Å². The predicted molar refractivity (Wildman–Crippen MR) is 69.3 cm³/mol. The van der Waals surface area contributed by atoms with Gasteiger partial charge in [0.15, 0.2) is 5.13 Å². The van der Waals surface area contributed by atoms with Crippen LogP contribution in [0.2, 0.25) is 0 Å². The molecule has 17 heavy (non-hydrogen) atoms. The molecule has 3 nitrogen and oxygen atoms in total. The first kappa shape index (κ1) is 11.0. The molecule has 6 heteroatoms. The summed E-state index contributed by atoms with van der Waals surface area (Å²) in [7, 11) is 0.